The maximum Gasteiger partial charge on any atom is 0.0433 e. The van der Waals surface area contributed by atoms with Crippen molar-refractivity contribution in [2.45, 2.75) is 20.0 Å². The van der Waals surface area contributed by atoms with Crippen LogP contribution in [0, 0.1) is 6.92 Å². The number of benzene rings is 2. The van der Waals surface area contributed by atoms with Crippen molar-refractivity contribution in [2.75, 3.05) is 36.4 Å². The lowest BCUT2D eigenvalue weighted by Gasteiger charge is -2.32. The molecule has 1 aliphatic rings. The maximum absolute atomic E-state index is 6.07. The lowest BCUT2D eigenvalue weighted by molar-refractivity contribution is 0.588. The molecule has 4 N–H and O–H groups in total. The molecule has 4 heteroatoms. The summed E-state index contributed by atoms with van der Waals surface area (Å²) < 4.78 is 0. The zero-order chi connectivity index (χ0) is 16.1. The van der Waals surface area contributed by atoms with E-state index in [0.29, 0.717) is 6.54 Å². The summed E-state index contributed by atoms with van der Waals surface area (Å²) in [4.78, 5) is 2.43. The third-order valence-electron chi connectivity index (χ3n) is 4.54. The Balaban J connectivity index is 1.80. The van der Waals surface area contributed by atoms with E-state index < -0.39 is 0 Å². The number of hydrogen-bond acceptors (Lipinski definition) is 4. The van der Waals surface area contributed by atoms with Crippen molar-refractivity contribution < 1.29 is 0 Å². The Morgan fingerprint density at radius 2 is 1.87 bits per heavy atom. The summed E-state index contributed by atoms with van der Waals surface area (Å²) in [5, 5.41) is 6.98. The molecule has 0 atom stereocenters. The lowest BCUT2D eigenvalue weighted by atomic mass is 10.1. The molecule has 23 heavy (non-hydrogen) atoms. The van der Waals surface area contributed by atoms with E-state index in [-0.39, 0.29) is 0 Å². The smallest absolute Gasteiger partial charge is 0.0433 e. The van der Waals surface area contributed by atoms with Gasteiger partial charge >= 0.3 is 0 Å². The van der Waals surface area contributed by atoms with Gasteiger partial charge in [-0.15, -0.1) is 0 Å². The van der Waals surface area contributed by atoms with Gasteiger partial charge in [0.1, 0.15) is 0 Å². The maximum atomic E-state index is 6.07. The van der Waals surface area contributed by atoms with Crippen LogP contribution in [-0.4, -0.2) is 26.2 Å². The summed E-state index contributed by atoms with van der Waals surface area (Å²) >= 11 is 0. The topological polar surface area (TPSA) is 53.3 Å². The number of nitrogens with zero attached hydrogens (tertiary/aromatic N) is 1. The molecule has 0 spiro atoms. The molecule has 1 saturated heterocycles. The number of aryl methyl sites for hydroxylation is 1. The highest BCUT2D eigenvalue weighted by atomic mass is 15.2. The highest BCUT2D eigenvalue weighted by Gasteiger charge is 2.15. The van der Waals surface area contributed by atoms with E-state index in [4.69, 9.17) is 5.73 Å². The Kier molecular flexibility index (Phi) is 5.16. The van der Waals surface area contributed by atoms with Gasteiger partial charge in [0.25, 0.3) is 0 Å². The Labute approximate surface area is 138 Å². The summed E-state index contributed by atoms with van der Waals surface area (Å²) in [5.74, 6) is 0. The second-order valence-electron chi connectivity index (χ2n) is 6.02. The minimum absolute atomic E-state index is 0.552. The molecular weight excluding hydrogens is 284 g/mol. The van der Waals surface area contributed by atoms with Gasteiger partial charge in [0.2, 0.25) is 0 Å². The lowest BCUT2D eigenvalue weighted by Crippen LogP contribution is -2.44. The van der Waals surface area contributed by atoms with Crippen LogP contribution in [0.1, 0.15) is 16.7 Å². The van der Waals surface area contributed by atoms with Gasteiger partial charge in [-0.25, -0.2) is 0 Å². The van der Waals surface area contributed by atoms with Gasteiger partial charge in [-0.2, -0.15) is 0 Å². The zero-order valence-electron chi connectivity index (χ0n) is 13.8. The zero-order valence-corrected chi connectivity index (χ0v) is 13.8. The first kappa shape index (κ1) is 15.8. The third-order valence-corrected chi connectivity index (χ3v) is 4.54. The first-order chi connectivity index (χ1) is 11.3. The van der Waals surface area contributed by atoms with Crippen LogP contribution in [0.15, 0.2) is 42.5 Å². The first-order valence-corrected chi connectivity index (χ1v) is 8.35. The van der Waals surface area contributed by atoms with Crippen LogP contribution in [0.2, 0.25) is 0 Å². The molecule has 2 aromatic carbocycles. The minimum atomic E-state index is 0.552. The number of nitrogens with one attached hydrogen (secondary N) is 2. The molecule has 1 aliphatic heterocycles. The molecule has 0 aromatic heterocycles. The summed E-state index contributed by atoms with van der Waals surface area (Å²) in [7, 11) is 0. The van der Waals surface area contributed by atoms with Gasteiger partial charge in [0.05, 0.1) is 0 Å². The molecule has 0 bridgehead atoms. The average molecular weight is 310 g/mol. The number of anilines is 2. The number of hydrogen-bond donors (Lipinski definition) is 3. The molecule has 0 saturated carbocycles. The number of rotatable bonds is 5. The molecule has 122 valence electrons. The highest BCUT2D eigenvalue weighted by molar-refractivity contribution is 5.67. The van der Waals surface area contributed by atoms with Crippen LogP contribution in [0.4, 0.5) is 11.4 Å². The first-order valence-electron chi connectivity index (χ1n) is 8.35. The minimum Gasteiger partial charge on any atom is -0.381 e. The van der Waals surface area contributed by atoms with Crippen LogP contribution in [0.3, 0.4) is 0 Å². The van der Waals surface area contributed by atoms with Crippen molar-refractivity contribution in [1.29, 1.82) is 0 Å². The van der Waals surface area contributed by atoms with E-state index in [1.807, 2.05) is 0 Å². The molecule has 4 nitrogen and oxygen atoms in total. The Morgan fingerprint density at radius 1 is 1.09 bits per heavy atom. The molecule has 1 heterocycles. The van der Waals surface area contributed by atoms with E-state index in [0.717, 1.165) is 38.4 Å². The van der Waals surface area contributed by atoms with E-state index in [1.165, 1.54) is 22.4 Å². The average Bonchev–Trinajstić information content (AvgIpc) is 2.61. The normalized spacial score (nSPS) is 14.8. The fraction of sp³-hybridized carbons (Fsp3) is 0.368. The monoisotopic (exact) mass is 310 g/mol. The van der Waals surface area contributed by atoms with E-state index in [2.05, 4.69) is 64.9 Å². The quantitative estimate of drug-likeness (QED) is 0.794. The molecule has 3 rings (SSSR count). The van der Waals surface area contributed by atoms with Gasteiger partial charge in [-0.05, 0) is 30.2 Å². The van der Waals surface area contributed by atoms with Crippen LogP contribution < -0.4 is 21.3 Å². The Bertz CT molecular complexity index is 648. The second kappa shape index (κ2) is 7.49. The van der Waals surface area contributed by atoms with E-state index >= 15 is 0 Å². The number of nitrogens with two attached hydrogens (primary N) is 1. The summed E-state index contributed by atoms with van der Waals surface area (Å²) in [6, 6.07) is 14.9. The molecule has 0 unspecified atom stereocenters. The second-order valence-corrected chi connectivity index (χ2v) is 6.02. The van der Waals surface area contributed by atoms with Crippen molar-refractivity contribution in [3.63, 3.8) is 0 Å². The van der Waals surface area contributed by atoms with Crippen LogP contribution in [0.5, 0.6) is 0 Å². The van der Waals surface area contributed by atoms with Gasteiger partial charge in [-0.1, -0.05) is 30.3 Å². The van der Waals surface area contributed by atoms with Crippen LogP contribution in [-0.2, 0) is 13.1 Å². The van der Waals surface area contributed by atoms with Gasteiger partial charge in [0, 0.05) is 56.2 Å². The van der Waals surface area contributed by atoms with Crippen molar-refractivity contribution in [2.24, 2.45) is 5.73 Å². The highest BCUT2D eigenvalue weighted by Crippen LogP contribution is 2.28. The summed E-state index contributed by atoms with van der Waals surface area (Å²) in [6.07, 6.45) is 0. The van der Waals surface area contributed by atoms with E-state index in [1.54, 1.807) is 0 Å². The SMILES string of the molecule is Cc1ccccc1CNc1cccc(N2CCNCC2)c1CN. The Morgan fingerprint density at radius 3 is 2.61 bits per heavy atom. The Hall–Kier alpha value is -2.04. The van der Waals surface area contributed by atoms with Crippen molar-refractivity contribution in [1.82, 2.24) is 5.32 Å². The molecule has 0 amide bonds. The van der Waals surface area contributed by atoms with Crippen molar-refractivity contribution in [3.8, 4) is 0 Å². The molecule has 0 aliphatic carbocycles. The third kappa shape index (κ3) is 3.66. The van der Waals surface area contributed by atoms with Crippen LogP contribution >= 0.6 is 0 Å². The van der Waals surface area contributed by atoms with E-state index in [9.17, 15) is 0 Å². The fourth-order valence-electron chi connectivity index (χ4n) is 3.16. The standard InChI is InChI=1S/C19H26N4/c1-15-5-2-3-6-16(15)14-22-18-7-4-8-19(17(18)13-20)23-11-9-21-10-12-23/h2-8,21-22H,9-14,20H2,1H3. The van der Waals surface area contributed by atoms with Crippen molar-refractivity contribution >= 4 is 11.4 Å². The van der Waals surface area contributed by atoms with Gasteiger partial charge < -0.3 is 21.3 Å². The molecular formula is C19H26N4. The summed E-state index contributed by atoms with van der Waals surface area (Å²) in [6.45, 7) is 7.66. The van der Waals surface area contributed by atoms with Gasteiger partial charge in [-0.3, -0.25) is 0 Å². The predicted octanol–water partition coefficient (Wildman–Crippen LogP) is 2.48. The molecule has 1 fully saturated rings. The largest absolute Gasteiger partial charge is 0.381 e. The summed E-state index contributed by atoms with van der Waals surface area (Å²) in [5.41, 5.74) is 12.3. The molecule has 2 aromatic rings. The van der Waals surface area contributed by atoms with Crippen molar-refractivity contribution in [3.05, 3.63) is 59.2 Å². The van der Waals surface area contributed by atoms with Gasteiger partial charge in [0.15, 0.2) is 0 Å². The van der Waals surface area contributed by atoms with Crippen LogP contribution in [0.25, 0.3) is 0 Å². The predicted molar refractivity (Wildman–Crippen MR) is 97.9 cm³/mol. The number of piperazine rings is 1. The fourth-order valence-corrected chi connectivity index (χ4v) is 3.16. The molecule has 0 radical (unpaired) electrons.